The number of hydrogen-bond acceptors (Lipinski definition) is 4. The monoisotopic (exact) mass is 153 g/mol. The van der Waals surface area contributed by atoms with E-state index < -0.39 is 0 Å². The Bertz CT molecular complexity index is 234. The van der Waals surface area contributed by atoms with Crippen LogP contribution in [0.3, 0.4) is 0 Å². The highest BCUT2D eigenvalue weighted by Gasteiger charge is 1.71. The van der Waals surface area contributed by atoms with E-state index in [1.54, 1.807) is 12.3 Å². The number of hydrogen-bond donors (Lipinski definition) is 1. The third-order valence-corrected chi connectivity index (χ3v) is 0.838. The maximum Gasteiger partial charge on any atom is 0.180 e. The Hall–Kier alpha value is -1.78. The largest absolute Gasteiger partial charge is 0.452 e. The molecule has 5 nitrogen and oxygen atoms in total. The summed E-state index contributed by atoms with van der Waals surface area (Å²) < 4.78 is 4.47. The lowest BCUT2D eigenvalue weighted by atomic mass is 10.8. The fraction of sp³-hybridized carbons (Fsp3) is 0. The van der Waals surface area contributed by atoms with Crippen LogP contribution in [0.4, 0.5) is 0 Å². The van der Waals surface area contributed by atoms with Crippen molar-refractivity contribution in [3.8, 4) is 0 Å². The molecule has 0 aliphatic carbocycles. The molecule has 0 radical (unpaired) electrons. The maximum absolute atomic E-state index is 8.28. The van der Waals surface area contributed by atoms with Crippen molar-refractivity contribution in [1.29, 1.82) is 0 Å². The summed E-state index contributed by atoms with van der Waals surface area (Å²) in [4.78, 5) is 4.31. The molecule has 2 heterocycles. The minimum atomic E-state index is 0.750. The van der Waals surface area contributed by atoms with Crippen molar-refractivity contribution in [1.82, 2.24) is 14.9 Å². The van der Waals surface area contributed by atoms with E-state index in [2.05, 4.69) is 14.5 Å². The summed E-state index contributed by atoms with van der Waals surface area (Å²) in [5.74, 6) is 0. The minimum absolute atomic E-state index is 0.750. The van der Waals surface area contributed by atoms with Crippen LogP contribution in [-0.4, -0.2) is 20.1 Å². The van der Waals surface area contributed by atoms with Gasteiger partial charge in [-0.1, -0.05) is 0 Å². The molecule has 0 saturated carbocycles. The van der Waals surface area contributed by atoms with Gasteiger partial charge in [0, 0.05) is 0 Å². The first-order valence-corrected chi connectivity index (χ1v) is 2.90. The zero-order chi connectivity index (χ0) is 7.94. The summed E-state index contributed by atoms with van der Waals surface area (Å²) in [5.41, 5.74) is 0. The van der Waals surface area contributed by atoms with Crippen molar-refractivity contribution in [3.05, 3.63) is 37.3 Å². The highest BCUT2D eigenvalue weighted by Crippen LogP contribution is 1.72. The van der Waals surface area contributed by atoms with E-state index in [1.165, 1.54) is 25.1 Å². The highest BCUT2D eigenvalue weighted by molar-refractivity contribution is 4.74. The van der Waals surface area contributed by atoms with E-state index in [9.17, 15) is 0 Å². The highest BCUT2D eigenvalue weighted by atomic mass is 16.5. The molecule has 2 rings (SSSR count). The Morgan fingerprint density at radius 2 is 2.27 bits per heavy atom. The van der Waals surface area contributed by atoms with Crippen LogP contribution in [-0.2, 0) is 0 Å². The van der Waals surface area contributed by atoms with Gasteiger partial charge in [0.2, 0.25) is 0 Å². The Balaban J connectivity index is 0.000000112. The number of oxazole rings is 1. The fourth-order valence-corrected chi connectivity index (χ4v) is 0.436. The van der Waals surface area contributed by atoms with Crippen LogP contribution in [0.2, 0.25) is 0 Å². The summed E-state index contributed by atoms with van der Waals surface area (Å²) in [5, 5.41) is 11.7. The molecule has 58 valence electrons. The standard InChI is InChI=1S/C3H4N2O.C3H3NO/c6-5-3-1-2-4-5;1-2-5-3-4-1/h1-3,6H;1-3H. The van der Waals surface area contributed by atoms with Crippen LogP contribution in [0.5, 0.6) is 0 Å². The van der Waals surface area contributed by atoms with Gasteiger partial charge in [-0.15, -0.1) is 9.94 Å². The molecule has 0 fully saturated rings. The lowest BCUT2D eigenvalue weighted by molar-refractivity contribution is 0.149. The molecule has 5 heteroatoms. The predicted octanol–water partition coefficient (Wildman–Crippen LogP) is 0.795. The van der Waals surface area contributed by atoms with E-state index >= 15 is 0 Å². The van der Waals surface area contributed by atoms with Gasteiger partial charge >= 0.3 is 0 Å². The molecule has 0 bridgehead atoms. The summed E-state index contributed by atoms with van der Waals surface area (Å²) >= 11 is 0. The van der Waals surface area contributed by atoms with Crippen molar-refractivity contribution >= 4 is 0 Å². The molecule has 0 spiro atoms. The topological polar surface area (TPSA) is 64.1 Å². The minimum Gasteiger partial charge on any atom is -0.452 e. The maximum atomic E-state index is 8.28. The molecule has 2 aromatic rings. The second kappa shape index (κ2) is 4.10. The van der Waals surface area contributed by atoms with Crippen LogP contribution >= 0.6 is 0 Å². The van der Waals surface area contributed by atoms with Crippen LogP contribution in [0.15, 0.2) is 41.7 Å². The van der Waals surface area contributed by atoms with Gasteiger partial charge < -0.3 is 9.62 Å². The van der Waals surface area contributed by atoms with E-state index in [0.717, 1.165) is 4.85 Å². The fourth-order valence-electron chi connectivity index (χ4n) is 0.436. The first-order valence-electron chi connectivity index (χ1n) is 2.90. The second-order valence-electron chi connectivity index (χ2n) is 1.60. The van der Waals surface area contributed by atoms with Gasteiger partial charge in [0.05, 0.1) is 18.6 Å². The van der Waals surface area contributed by atoms with Crippen molar-refractivity contribution in [3.63, 3.8) is 0 Å². The summed E-state index contributed by atoms with van der Waals surface area (Å²) in [6, 6.07) is 1.64. The van der Waals surface area contributed by atoms with E-state index in [-0.39, 0.29) is 0 Å². The Morgan fingerprint density at radius 3 is 2.45 bits per heavy atom. The predicted molar refractivity (Wildman–Crippen MR) is 35.9 cm³/mol. The van der Waals surface area contributed by atoms with Crippen LogP contribution in [0.1, 0.15) is 0 Å². The molecule has 0 aliphatic rings. The molecule has 0 unspecified atom stereocenters. The Morgan fingerprint density at radius 1 is 1.36 bits per heavy atom. The van der Waals surface area contributed by atoms with Gasteiger partial charge in [-0.25, -0.2) is 4.98 Å². The van der Waals surface area contributed by atoms with Gasteiger partial charge in [-0.2, -0.15) is 0 Å². The van der Waals surface area contributed by atoms with Gasteiger partial charge in [-0.3, -0.25) is 0 Å². The van der Waals surface area contributed by atoms with Crippen molar-refractivity contribution < 1.29 is 9.62 Å². The zero-order valence-electron chi connectivity index (χ0n) is 5.66. The van der Waals surface area contributed by atoms with Crippen molar-refractivity contribution in [2.75, 3.05) is 0 Å². The Kier molecular flexibility index (Phi) is 2.73. The second-order valence-corrected chi connectivity index (χ2v) is 1.60. The smallest absolute Gasteiger partial charge is 0.180 e. The molecule has 0 atom stereocenters. The van der Waals surface area contributed by atoms with Gasteiger partial charge in [0.1, 0.15) is 6.26 Å². The molecular formula is C6H7N3O2. The third-order valence-electron chi connectivity index (χ3n) is 0.838. The van der Waals surface area contributed by atoms with Gasteiger partial charge in [0.15, 0.2) is 6.39 Å². The number of aromatic nitrogens is 3. The summed E-state index contributed by atoms with van der Waals surface area (Å²) in [6.45, 7) is 0. The first kappa shape index (κ1) is 7.33. The van der Waals surface area contributed by atoms with Crippen LogP contribution < -0.4 is 0 Å². The normalized spacial score (nSPS) is 8.36. The lowest BCUT2D eigenvalue weighted by Crippen LogP contribution is -1.86. The molecule has 0 amide bonds. The molecule has 2 aromatic heterocycles. The van der Waals surface area contributed by atoms with E-state index in [1.807, 2.05) is 0 Å². The van der Waals surface area contributed by atoms with Crippen LogP contribution in [0.25, 0.3) is 0 Å². The molecule has 1 N–H and O–H groups in total. The summed E-state index contributed by atoms with van der Waals surface area (Å²) in [6.07, 6.45) is 7.42. The van der Waals surface area contributed by atoms with Gasteiger partial charge in [-0.05, 0) is 6.07 Å². The quantitative estimate of drug-likeness (QED) is 0.568. The molecule has 0 aromatic carbocycles. The Labute approximate surface area is 62.9 Å². The first-order chi connectivity index (χ1) is 5.39. The van der Waals surface area contributed by atoms with Crippen LogP contribution in [0, 0.1) is 0 Å². The van der Waals surface area contributed by atoms with E-state index in [0.29, 0.717) is 0 Å². The summed E-state index contributed by atoms with van der Waals surface area (Å²) in [7, 11) is 0. The molecule has 11 heavy (non-hydrogen) atoms. The number of rotatable bonds is 0. The molecule has 0 saturated heterocycles. The molecule has 0 aliphatic heterocycles. The lowest BCUT2D eigenvalue weighted by Gasteiger charge is -1.76. The zero-order valence-corrected chi connectivity index (χ0v) is 5.66. The number of nitrogens with zero attached hydrogens (tertiary/aromatic N) is 3. The average molecular weight is 153 g/mol. The SMILES string of the molecule is On1cccn1.c1cocn1. The molecular weight excluding hydrogens is 146 g/mol. The van der Waals surface area contributed by atoms with E-state index in [4.69, 9.17) is 5.21 Å². The van der Waals surface area contributed by atoms with Crippen molar-refractivity contribution in [2.24, 2.45) is 0 Å². The third kappa shape index (κ3) is 3.04. The van der Waals surface area contributed by atoms with Crippen molar-refractivity contribution in [2.45, 2.75) is 0 Å². The average Bonchev–Trinajstić information content (AvgIpc) is 2.57. The van der Waals surface area contributed by atoms with Gasteiger partial charge in [0.25, 0.3) is 0 Å².